The van der Waals surface area contributed by atoms with Crippen molar-refractivity contribution < 1.29 is 24.6 Å². The Balaban J connectivity index is 0.00000341. The van der Waals surface area contributed by atoms with Gasteiger partial charge in [-0.3, -0.25) is 14.9 Å². The van der Waals surface area contributed by atoms with Crippen molar-refractivity contribution >= 4 is 47.4 Å². The second kappa shape index (κ2) is 11.4. The van der Waals surface area contributed by atoms with Crippen molar-refractivity contribution in [1.29, 1.82) is 0 Å². The number of rotatable bonds is 8. The second-order valence-electron chi connectivity index (χ2n) is 7.60. The van der Waals surface area contributed by atoms with Gasteiger partial charge in [-0.1, -0.05) is 54.6 Å². The van der Waals surface area contributed by atoms with Gasteiger partial charge >= 0.3 is 41.5 Å². The minimum atomic E-state index is -1.07. The van der Waals surface area contributed by atoms with Crippen LogP contribution in [-0.2, 0) is 33.8 Å². The van der Waals surface area contributed by atoms with Crippen LogP contribution in [0.4, 0.5) is 0 Å². The molecule has 7 nitrogen and oxygen atoms in total. The molecule has 0 aromatic heterocycles. The first-order chi connectivity index (χ1) is 14.4. The fourth-order valence-corrected chi connectivity index (χ4v) is 3.83. The van der Waals surface area contributed by atoms with Gasteiger partial charge in [-0.25, -0.2) is 4.79 Å². The maximum absolute atomic E-state index is 13.1. The second-order valence-corrected chi connectivity index (χ2v) is 7.60. The molecule has 31 heavy (non-hydrogen) atoms. The zero-order valence-electron chi connectivity index (χ0n) is 16.8. The van der Waals surface area contributed by atoms with E-state index in [0.29, 0.717) is 12.8 Å². The molecular weight excluding hydrogens is 407 g/mol. The van der Waals surface area contributed by atoms with Crippen LogP contribution in [-0.4, -0.2) is 80.6 Å². The van der Waals surface area contributed by atoms with E-state index in [-0.39, 0.29) is 42.5 Å². The summed E-state index contributed by atoms with van der Waals surface area (Å²) >= 11 is 0. The summed E-state index contributed by atoms with van der Waals surface area (Å²) in [5.41, 5.74) is 2.85. The Morgan fingerprint density at radius 3 is 2.26 bits per heavy atom. The summed E-state index contributed by atoms with van der Waals surface area (Å²) in [6.07, 6.45) is 1.11. The van der Waals surface area contributed by atoms with E-state index < -0.39 is 36.0 Å². The quantitative estimate of drug-likeness (QED) is 0.543. The molecular formula is C23H27N2NaO5. The Kier molecular flexibility index (Phi) is 9.25. The third-order valence-electron chi connectivity index (χ3n) is 5.50. The number of amides is 1. The van der Waals surface area contributed by atoms with Crippen LogP contribution in [0, 0.1) is 0 Å². The van der Waals surface area contributed by atoms with E-state index in [0.717, 1.165) is 16.7 Å². The fourth-order valence-electron chi connectivity index (χ4n) is 3.83. The van der Waals surface area contributed by atoms with Gasteiger partial charge in [0.15, 0.2) is 0 Å². The number of benzene rings is 2. The Morgan fingerprint density at radius 2 is 1.65 bits per heavy atom. The average molecular weight is 434 g/mol. The van der Waals surface area contributed by atoms with Gasteiger partial charge in [-0.2, -0.15) is 0 Å². The average Bonchev–Trinajstić information content (AvgIpc) is 2.75. The molecule has 8 heteroatoms. The van der Waals surface area contributed by atoms with Crippen molar-refractivity contribution in [2.24, 2.45) is 0 Å². The van der Waals surface area contributed by atoms with Crippen molar-refractivity contribution in [1.82, 2.24) is 10.2 Å². The van der Waals surface area contributed by atoms with Gasteiger partial charge in [0.25, 0.3) is 0 Å². The Labute approximate surface area is 203 Å². The zero-order chi connectivity index (χ0) is 21.7. The van der Waals surface area contributed by atoms with E-state index in [1.165, 1.54) is 4.90 Å². The monoisotopic (exact) mass is 434 g/mol. The van der Waals surface area contributed by atoms with Crippen LogP contribution < -0.4 is 5.32 Å². The number of hydrogen-bond acceptors (Lipinski definition) is 4. The summed E-state index contributed by atoms with van der Waals surface area (Å²) in [6.45, 7) is 1.78. The molecule has 1 aliphatic rings. The topological polar surface area (TPSA) is 107 Å². The maximum atomic E-state index is 13.1. The van der Waals surface area contributed by atoms with Crippen molar-refractivity contribution in [2.75, 3.05) is 0 Å². The zero-order valence-corrected chi connectivity index (χ0v) is 16.8. The van der Waals surface area contributed by atoms with E-state index in [4.69, 9.17) is 0 Å². The molecule has 0 saturated carbocycles. The number of nitrogens with one attached hydrogen (secondary N) is 1. The van der Waals surface area contributed by atoms with Crippen molar-refractivity contribution in [3.63, 3.8) is 0 Å². The van der Waals surface area contributed by atoms with E-state index in [1.54, 1.807) is 6.92 Å². The van der Waals surface area contributed by atoms with Crippen LogP contribution in [0.15, 0.2) is 54.6 Å². The summed E-state index contributed by atoms with van der Waals surface area (Å²) in [6, 6.07) is 14.3. The van der Waals surface area contributed by atoms with Gasteiger partial charge < -0.3 is 15.1 Å². The van der Waals surface area contributed by atoms with Gasteiger partial charge in [0, 0.05) is 13.0 Å². The minimum absolute atomic E-state index is 0. The van der Waals surface area contributed by atoms with Gasteiger partial charge in [0.05, 0.1) is 6.04 Å². The SMILES string of the molecule is CC(NC(CCc1ccccc1)C(=O)O)C(=O)N1Cc2ccccc2C[C@H]1C(=O)O.[NaH]. The Morgan fingerprint density at radius 1 is 1.03 bits per heavy atom. The van der Waals surface area contributed by atoms with Crippen molar-refractivity contribution in [3.05, 3.63) is 71.3 Å². The van der Waals surface area contributed by atoms with E-state index in [9.17, 15) is 24.6 Å². The molecule has 0 saturated heterocycles. The molecule has 0 fully saturated rings. The third kappa shape index (κ3) is 6.40. The number of nitrogens with zero attached hydrogens (tertiary/aromatic N) is 1. The van der Waals surface area contributed by atoms with Crippen LogP contribution in [0.5, 0.6) is 0 Å². The number of aryl methyl sites for hydroxylation is 1. The molecule has 160 valence electrons. The van der Waals surface area contributed by atoms with Crippen LogP contribution in [0.25, 0.3) is 0 Å². The number of carbonyl (C=O) groups is 3. The number of carbonyl (C=O) groups excluding carboxylic acids is 1. The summed E-state index contributed by atoms with van der Waals surface area (Å²) in [5.74, 6) is -2.52. The van der Waals surface area contributed by atoms with E-state index in [1.807, 2.05) is 54.6 Å². The molecule has 1 heterocycles. The first-order valence-corrected chi connectivity index (χ1v) is 9.99. The number of carboxylic acids is 2. The Bertz CT molecular complexity index is 921. The number of hydrogen-bond donors (Lipinski definition) is 3. The molecule has 2 aromatic rings. The molecule has 1 aliphatic heterocycles. The molecule has 0 radical (unpaired) electrons. The summed E-state index contributed by atoms with van der Waals surface area (Å²) in [4.78, 5) is 37.9. The summed E-state index contributed by atoms with van der Waals surface area (Å²) in [5, 5.41) is 22.1. The fraction of sp³-hybridized carbons (Fsp3) is 0.348. The standard InChI is InChI=1S/C23H26N2O5.Na.H/c1-15(24-19(22(27)28)12-11-16-7-3-2-4-8-16)21(26)25-14-18-10-6-5-9-17(18)13-20(25)23(29)30;;/h2-10,15,19-20,24H,11-14H2,1H3,(H,27,28)(H,29,30);;/t15?,19?,20-;;/m0../s1. The molecule has 1 amide bonds. The van der Waals surface area contributed by atoms with Gasteiger partial charge in [0.1, 0.15) is 12.1 Å². The van der Waals surface area contributed by atoms with E-state index >= 15 is 0 Å². The summed E-state index contributed by atoms with van der Waals surface area (Å²) < 4.78 is 0. The van der Waals surface area contributed by atoms with Crippen molar-refractivity contribution in [2.45, 2.75) is 50.9 Å². The Hall–Kier alpha value is -2.19. The van der Waals surface area contributed by atoms with E-state index in [2.05, 4.69) is 5.32 Å². The molecule has 3 N–H and O–H groups in total. The first-order valence-electron chi connectivity index (χ1n) is 9.99. The van der Waals surface area contributed by atoms with Crippen LogP contribution >= 0.6 is 0 Å². The predicted molar refractivity (Wildman–Crippen MR) is 118 cm³/mol. The molecule has 0 aliphatic carbocycles. The summed E-state index contributed by atoms with van der Waals surface area (Å²) in [7, 11) is 0. The normalized spacial score (nSPS) is 17.1. The molecule has 2 unspecified atom stereocenters. The molecule has 2 aromatic carbocycles. The van der Waals surface area contributed by atoms with Gasteiger partial charge in [-0.15, -0.1) is 0 Å². The molecule has 3 rings (SSSR count). The third-order valence-corrected chi connectivity index (χ3v) is 5.50. The molecule has 3 atom stereocenters. The first kappa shape index (κ1) is 25.1. The van der Waals surface area contributed by atoms with Gasteiger partial charge in [0.2, 0.25) is 5.91 Å². The van der Waals surface area contributed by atoms with Crippen molar-refractivity contribution in [3.8, 4) is 0 Å². The number of carboxylic acid groups (broad SMARTS) is 2. The van der Waals surface area contributed by atoms with Crippen LogP contribution in [0.1, 0.15) is 30.0 Å². The van der Waals surface area contributed by atoms with Crippen LogP contribution in [0.3, 0.4) is 0 Å². The van der Waals surface area contributed by atoms with Crippen LogP contribution in [0.2, 0.25) is 0 Å². The van der Waals surface area contributed by atoms with Gasteiger partial charge in [-0.05, 0) is 36.5 Å². The number of aliphatic carboxylic acids is 2. The predicted octanol–water partition coefficient (Wildman–Crippen LogP) is 1.44. The molecule has 0 bridgehead atoms. The molecule has 0 spiro atoms. The number of fused-ring (bicyclic) bond motifs is 1.